The first-order valence-corrected chi connectivity index (χ1v) is 10.1. The molecule has 1 unspecified atom stereocenters. The normalized spacial score (nSPS) is 21.3. The van der Waals surface area contributed by atoms with Crippen molar-refractivity contribution < 1.29 is 47.5 Å². The van der Waals surface area contributed by atoms with Crippen LogP contribution in [0, 0.1) is 5.92 Å². The van der Waals surface area contributed by atoms with Crippen molar-refractivity contribution in [1.29, 1.82) is 0 Å². The molecular formula is C19H27FN4O9. The van der Waals surface area contributed by atoms with E-state index in [2.05, 4.69) is 4.74 Å². The molecule has 0 aliphatic carbocycles. The fraction of sp³-hybridized carbons (Fsp3) is 0.632. The second kappa shape index (κ2) is 10.5. The number of rotatable bonds is 8. The Morgan fingerprint density at radius 2 is 1.91 bits per heavy atom. The van der Waals surface area contributed by atoms with Crippen LogP contribution in [0.15, 0.2) is 11.6 Å². The van der Waals surface area contributed by atoms with Crippen molar-refractivity contribution in [3.8, 4) is 0 Å². The van der Waals surface area contributed by atoms with E-state index in [1.165, 1.54) is 26.8 Å². The number of esters is 1. The lowest BCUT2D eigenvalue weighted by Crippen LogP contribution is -2.51. The van der Waals surface area contributed by atoms with Gasteiger partial charge < -0.3 is 24.9 Å². The summed E-state index contributed by atoms with van der Waals surface area (Å²) in [6.45, 7) is 6.15. The molecule has 14 heteroatoms. The molecule has 0 aromatic carbocycles. The number of nitrogens with two attached hydrogens (primary N) is 1. The lowest BCUT2D eigenvalue weighted by atomic mass is 10.0. The number of methoxy groups -OCH3 is 1. The number of hydroxylamine groups is 4. The van der Waals surface area contributed by atoms with E-state index in [9.17, 15) is 28.4 Å². The number of hydrogen-bond acceptors (Lipinski definition) is 9. The molecule has 4 amide bonds. The van der Waals surface area contributed by atoms with Crippen LogP contribution in [-0.4, -0.2) is 89.7 Å². The van der Waals surface area contributed by atoms with E-state index in [4.69, 9.17) is 20.1 Å². The van der Waals surface area contributed by atoms with Crippen LogP contribution >= 0.6 is 0 Å². The van der Waals surface area contributed by atoms with Crippen molar-refractivity contribution >= 4 is 30.0 Å². The maximum Gasteiger partial charge on any atom is 0.443 e. The number of primary amides is 1. The molecule has 1 saturated heterocycles. The topological polar surface area (TPSA) is 158 Å². The predicted octanol–water partition coefficient (Wildman–Crippen LogP) is 0.248. The lowest BCUT2D eigenvalue weighted by molar-refractivity contribution is -0.248. The zero-order valence-electron chi connectivity index (χ0n) is 18.8. The molecule has 0 radical (unpaired) electrons. The number of carbonyl (C=O) groups is 5. The van der Waals surface area contributed by atoms with E-state index in [1.54, 1.807) is 6.92 Å². The Bertz CT molecular complexity index is 849. The van der Waals surface area contributed by atoms with Crippen molar-refractivity contribution in [2.24, 2.45) is 11.7 Å². The van der Waals surface area contributed by atoms with Gasteiger partial charge >= 0.3 is 30.4 Å². The SMILES string of the molecule is CCOC(=O)C(C(C)C)N(OC(=O)[C@@H](F)ON1C(=O)N2C[C@H]1C=C(C)[C@H]2C(N)=O)C(=O)OC. The molecule has 2 rings (SSSR count). The third kappa shape index (κ3) is 5.32. The van der Waals surface area contributed by atoms with Gasteiger partial charge in [-0.25, -0.2) is 28.4 Å². The van der Waals surface area contributed by atoms with Gasteiger partial charge in [-0.15, -0.1) is 5.06 Å². The van der Waals surface area contributed by atoms with Gasteiger partial charge in [-0.3, -0.25) is 4.79 Å². The van der Waals surface area contributed by atoms with Gasteiger partial charge in [0, 0.05) is 0 Å². The van der Waals surface area contributed by atoms with Gasteiger partial charge in [0.2, 0.25) is 5.91 Å². The highest BCUT2D eigenvalue weighted by Gasteiger charge is 2.49. The van der Waals surface area contributed by atoms with Gasteiger partial charge in [0.25, 0.3) is 0 Å². The summed E-state index contributed by atoms with van der Waals surface area (Å²) < 4.78 is 24.1. The van der Waals surface area contributed by atoms with E-state index in [0.717, 1.165) is 12.0 Å². The van der Waals surface area contributed by atoms with Gasteiger partial charge in [0.05, 0.1) is 26.3 Å². The average Bonchev–Trinajstić information content (AvgIpc) is 2.97. The molecule has 2 heterocycles. The van der Waals surface area contributed by atoms with E-state index in [1.807, 2.05) is 0 Å². The monoisotopic (exact) mass is 474 g/mol. The first-order chi connectivity index (χ1) is 15.4. The minimum atomic E-state index is -2.86. The van der Waals surface area contributed by atoms with Crippen LogP contribution in [0.4, 0.5) is 14.0 Å². The Kier molecular flexibility index (Phi) is 8.19. The summed E-state index contributed by atoms with van der Waals surface area (Å²) in [5.41, 5.74) is 5.79. The maximum atomic E-state index is 14.7. The number of amides is 4. The van der Waals surface area contributed by atoms with Crippen LogP contribution in [0.25, 0.3) is 0 Å². The third-order valence-electron chi connectivity index (χ3n) is 4.93. The third-order valence-corrected chi connectivity index (χ3v) is 4.93. The van der Waals surface area contributed by atoms with Crippen LogP contribution in [-0.2, 0) is 33.5 Å². The van der Waals surface area contributed by atoms with Crippen molar-refractivity contribution in [2.45, 2.75) is 52.2 Å². The van der Waals surface area contributed by atoms with Crippen LogP contribution in [0.1, 0.15) is 27.7 Å². The highest BCUT2D eigenvalue weighted by atomic mass is 19.1. The fourth-order valence-electron chi connectivity index (χ4n) is 3.55. The largest absolute Gasteiger partial charge is 0.464 e. The summed E-state index contributed by atoms with van der Waals surface area (Å²) >= 11 is 0. The van der Waals surface area contributed by atoms with Gasteiger partial charge in [0.15, 0.2) is 6.04 Å². The molecular weight excluding hydrogens is 447 g/mol. The maximum absolute atomic E-state index is 14.7. The molecule has 4 atom stereocenters. The van der Waals surface area contributed by atoms with Crippen molar-refractivity contribution in [1.82, 2.24) is 15.0 Å². The number of carbonyl (C=O) groups excluding carboxylic acids is 5. The average molecular weight is 474 g/mol. The Hall–Kier alpha value is -3.42. The zero-order valence-corrected chi connectivity index (χ0v) is 18.8. The number of halogens is 1. The number of nitrogens with zero attached hydrogens (tertiary/aromatic N) is 3. The zero-order chi connectivity index (χ0) is 25.0. The standard InChI is InChI=1S/C19H27FN4O9/c1-6-31-16(26)12(9(2)3)24(19(29)30-5)33-17(27)14(20)32-23-11-7-10(4)13(15(21)25)22(8-11)18(23)28/h7,9,11-14H,6,8H2,1-5H3,(H2,21,25)/t11-,12?,13+,14+/m1/s1. The molecule has 1 fully saturated rings. The van der Waals surface area contributed by atoms with Crippen LogP contribution in [0.3, 0.4) is 0 Å². The Balaban J connectivity index is 2.16. The quantitative estimate of drug-likeness (QED) is 0.296. The second-order valence-corrected chi connectivity index (χ2v) is 7.61. The fourth-order valence-corrected chi connectivity index (χ4v) is 3.55. The molecule has 33 heavy (non-hydrogen) atoms. The van der Waals surface area contributed by atoms with Crippen molar-refractivity contribution in [2.75, 3.05) is 20.3 Å². The molecule has 0 aromatic rings. The predicted molar refractivity (Wildman–Crippen MR) is 106 cm³/mol. The van der Waals surface area contributed by atoms with Crippen LogP contribution < -0.4 is 5.73 Å². The number of alkyl halides is 1. The van der Waals surface area contributed by atoms with Crippen molar-refractivity contribution in [3.05, 3.63) is 11.6 Å². The summed E-state index contributed by atoms with van der Waals surface area (Å²) in [5.74, 6) is -4.02. The van der Waals surface area contributed by atoms with E-state index in [-0.39, 0.29) is 18.2 Å². The molecule has 2 aliphatic rings. The van der Waals surface area contributed by atoms with Crippen LogP contribution in [0.2, 0.25) is 0 Å². The summed E-state index contributed by atoms with van der Waals surface area (Å²) in [7, 11) is 0.969. The molecule has 2 N–H and O–H groups in total. The number of fused-ring (bicyclic) bond motifs is 2. The molecule has 2 aliphatic heterocycles. The lowest BCUT2D eigenvalue weighted by Gasteiger charge is -2.30. The molecule has 0 saturated carbocycles. The number of urea groups is 1. The Morgan fingerprint density at radius 3 is 2.42 bits per heavy atom. The molecule has 0 aromatic heterocycles. The first-order valence-electron chi connectivity index (χ1n) is 10.1. The number of hydrogen-bond donors (Lipinski definition) is 1. The Morgan fingerprint density at radius 1 is 1.27 bits per heavy atom. The van der Waals surface area contributed by atoms with E-state index < -0.39 is 60.4 Å². The highest BCUT2D eigenvalue weighted by molar-refractivity contribution is 5.90. The molecule has 13 nitrogen and oxygen atoms in total. The molecule has 2 bridgehead atoms. The summed E-state index contributed by atoms with van der Waals surface area (Å²) in [4.78, 5) is 71.7. The van der Waals surface area contributed by atoms with E-state index in [0.29, 0.717) is 10.6 Å². The smallest absolute Gasteiger partial charge is 0.443 e. The minimum absolute atomic E-state index is 0.0158. The van der Waals surface area contributed by atoms with Gasteiger partial charge in [-0.1, -0.05) is 19.9 Å². The molecule has 184 valence electrons. The molecule has 0 spiro atoms. The van der Waals surface area contributed by atoms with Gasteiger partial charge in [-0.05, 0) is 25.3 Å². The first kappa shape index (κ1) is 25.8. The minimum Gasteiger partial charge on any atom is -0.464 e. The summed E-state index contributed by atoms with van der Waals surface area (Å²) in [5, 5.41) is 0.827. The summed E-state index contributed by atoms with van der Waals surface area (Å²) in [6, 6.07) is -4.14. The van der Waals surface area contributed by atoms with Crippen molar-refractivity contribution in [3.63, 3.8) is 0 Å². The van der Waals surface area contributed by atoms with Gasteiger partial charge in [0.1, 0.15) is 6.04 Å². The Labute approximate surface area is 189 Å². The number of ether oxygens (including phenoxy) is 2. The van der Waals surface area contributed by atoms with E-state index >= 15 is 0 Å². The second-order valence-electron chi connectivity index (χ2n) is 7.61. The van der Waals surface area contributed by atoms with Crippen LogP contribution in [0.5, 0.6) is 0 Å². The van der Waals surface area contributed by atoms with Gasteiger partial charge in [-0.2, -0.15) is 5.06 Å². The summed E-state index contributed by atoms with van der Waals surface area (Å²) in [6.07, 6.45) is -2.63. The highest BCUT2D eigenvalue weighted by Crippen LogP contribution is 2.30.